The van der Waals surface area contributed by atoms with E-state index < -0.39 is 0 Å². The van der Waals surface area contributed by atoms with Crippen LogP contribution < -0.4 is 5.73 Å². The first-order chi connectivity index (χ1) is 6.22. The Morgan fingerprint density at radius 3 is 2.69 bits per heavy atom. The maximum Gasteiger partial charge on any atom is 0.222 e. The van der Waals surface area contributed by atoms with Crippen LogP contribution in [0.3, 0.4) is 0 Å². The Balaban J connectivity index is 1.91. The smallest absolute Gasteiger partial charge is 0.222 e. The largest absolute Gasteiger partial charge is 0.343 e. The molecule has 13 heavy (non-hydrogen) atoms. The SMILES string of the molecule is CCN1CC(C(N)C2CC2)CC1=O. The maximum absolute atomic E-state index is 11.4. The number of amides is 1. The topological polar surface area (TPSA) is 46.3 Å². The number of hydrogen-bond acceptors (Lipinski definition) is 2. The molecule has 2 fully saturated rings. The molecule has 2 rings (SSSR count). The van der Waals surface area contributed by atoms with Crippen molar-refractivity contribution in [2.75, 3.05) is 13.1 Å². The first-order valence-electron chi connectivity index (χ1n) is 5.25. The third kappa shape index (κ3) is 1.70. The van der Waals surface area contributed by atoms with Crippen LogP contribution in [0.25, 0.3) is 0 Å². The van der Waals surface area contributed by atoms with Crippen LogP contribution in [-0.2, 0) is 4.79 Å². The van der Waals surface area contributed by atoms with Gasteiger partial charge in [-0.2, -0.15) is 0 Å². The molecular weight excluding hydrogens is 164 g/mol. The molecule has 3 heteroatoms. The summed E-state index contributed by atoms with van der Waals surface area (Å²) in [5.74, 6) is 1.44. The number of carbonyl (C=O) groups is 1. The summed E-state index contributed by atoms with van der Waals surface area (Å²) in [6.07, 6.45) is 3.24. The molecule has 1 heterocycles. The van der Waals surface area contributed by atoms with Gasteiger partial charge in [0.05, 0.1) is 0 Å². The van der Waals surface area contributed by atoms with Crippen molar-refractivity contribution in [3.05, 3.63) is 0 Å². The lowest BCUT2D eigenvalue weighted by molar-refractivity contribution is -0.127. The van der Waals surface area contributed by atoms with Gasteiger partial charge in [0.15, 0.2) is 0 Å². The minimum Gasteiger partial charge on any atom is -0.343 e. The monoisotopic (exact) mass is 182 g/mol. The highest BCUT2D eigenvalue weighted by Gasteiger charge is 2.39. The van der Waals surface area contributed by atoms with Gasteiger partial charge in [-0.1, -0.05) is 0 Å². The van der Waals surface area contributed by atoms with Gasteiger partial charge in [0.1, 0.15) is 0 Å². The molecule has 3 nitrogen and oxygen atoms in total. The van der Waals surface area contributed by atoms with Crippen molar-refractivity contribution in [1.82, 2.24) is 4.90 Å². The van der Waals surface area contributed by atoms with Crippen LogP contribution in [-0.4, -0.2) is 29.9 Å². The summed E-state index contributed by atoms with van der Waals surface area (Å²) in [5, 5.41) is 0. The molecule has 1 amide bonds. The molecule has 0 aromatic heterocycles. The number of hydrogen-bond donors (Lipinski definition) is 1. The predicted molar refractivity (Wildman–Crippen MR) is 51.1 cm³/mol. The van der Waals surface area contributed by atoms with Gasteiger partial charge in [-0.05, 0) is 25.7 Å². The van der Waals surface area contributed by atoms with Crippen molar-refractivity contribution in [3.8, 4) is 0 Å². The fraction of sp³-hybridized carbons (Fsp3) is 0.900. The Bertz CT molecular complexity index is 213. The van der Waals surface area contributed by atoms with Gasteiger partial charge >= 0.3 is 0 Å². The summed E-state index contributed by atoms with van der Waals surface area (Å²) in [5.41, 5.74) is 6.08. The Hall–Kier alpha value is -0.570. The van der Waals surface area contributed by atoms with E-state index >= 15 is 0 Å². The minimum atomic E-state index is 0.278. The number of likely N-dealkylation sites (tertiary alicyclic amines) is 1. The lowest BCUT2D eigenvalue weighted by atomic mass is 9.96. The van der Waals surface area contributed by atoms with Crippen LogP contribution in [0, 0.1) is 11.8 Å². The minimum absolute atomic E-state index is 0.278. The van der Waals surface area contributed by atoms with Gasteiger partial charge in [0.2, 0.25) is 5.91 Å². The standard InChI is InChI=1S/C10H18N2O/c1-2-12-6-8(5-9(12)13)10(11)7-3-4-7/h7-8,10H,2-6,11H2,1H3. The lowest BCUT2D eigenvalue weighted by Crippen LogP contribution is -2.34. The average molecular weight is 182 g/mol. The van der Waals surface area contributed by atoms with Crippen LogP contribution in [0.15, 0.2) is 0 Å². The van der Waals surface area contributed by atoms with E-state index in [2.05, 4.69) is 0 Å². The van der Waals surface area contributed by atoms with Crippen molar-refractivity contribution >= 4 is 5.91 Å². The number of carbonyl (C=O) groups excluding carboxylic acids is 1. The van der Waals surface area contributed by atoms with Crippen LogP contribution in [0.4, 0.5) is 0 Å². The molecule has 0 aromatic rings. The fourth-order valence-corrected chi connectivity index (χ4v) is 2.23. The predicted octanol–water partition coefficient (Wildman–Crippen LogP) is 0.592. The summed E-state index contributed by atoms with van der Waals surface area (Å²) >= 11 is 0. The van der Waals surface area contributed by atoms with Crippen LogP contribution in [0.1, 0.15) is 26.2 Å². The van der Waals surface area contributed by atoms with Crippen molar-refractivity contribution < 1.29 is 4.79 Å². The molecule has 0 bridgehead atoms. The van der Waals surface area contributed by atoms with Crippen molar-refractivity contribution in [2.24, 2.45) is 17.6 Å². The van der Waals surface area contributed by atoms with Gasteiger partial charge in [-0.25, -0.2) is 0 Å². The first-order valence-corrected chi connectivity index (χ1v) is 5.25. The summed E-state index contributed by atoms with van der Waals surface area (Å²) in [7, 11) is 0. The molecule has 2 atom stereocenters. The lowest BCUT2D eigenvalue weighted by Gasteiger charge is -2.18. The van der Waals surface area contributed by atoms with Gasteiger partial charge in [0, 0.05) is 31.5 Å². The second kappa shape index (κ2) is 3.29. The van der Waals surface area contributed by atoms with Crippen LogP contribution >= 0.6 is 0 Å². The number of nitrogens with zero attached hydrogens (tertiary/aromatic N) is 1. The van der Waals surface area contributed by atoms with Gasteiger partial charge in [-0.15, -0.1) is 0 Å². The van der Waals surface area contributed by atoms with E-state index in [1.807, 2.05) is 11.8 Å². The van der Waals surface area contributed by atoms with E-state index in [9.17, 15) is 4.79 Å². The summed E-state index contributed by atoms with van der Waals surface area (Å²) in [6, 6.07) is 0.278. The molecule has 0 spiro atoms. The zero-order valence-corrected chi connectivity index (χ0v) is 8.20. The van der Waals surface area contributed by atoms with Crippen molar-refractivity contribution in [1.29, 1.82) is 0 Å². The molecule has 1 aliphatic heterocycles. The molecule has 2 aliphatic rings. The Kier molecular flexibility index (Phi) is 2.28. The quantitative estimate of drug-likeness (QED) is 0.694. The Labute approximate surface area is 79.3 Å². The third-order valence-corrected chi connectivity index (χ3v) is 3.34. The number of nitrogens with two attached hydrogens (primary N) is 1. The molecule has 1 saturated carbocycles. The maximum atomic E-state index is 11.4. The van der Waals surface area contributed by atoms with E-state index in [4.69, 9.17) is 5.73 Å². The highest BCUT2D eigenvalue weighted by molar-refractivity contribution is 5.78. The van der Waals surface area contributed by atoms with Crippen LogP contribution in [0.2, 0.25) is 0 Å². The van der Waals surface area contributed by atoms with E-state index in [1.165, 1.54) is 12.8 Å². The second-order valence-corrected chi connectivity index (χ2v) is 4.31. The van der Waals surface area contributed by atoms with E-state index in [0.717, 1.165) is 19.0 Å². The highest BCUT2D eigenvalue weighted by atomic mass is 16.2. The summed E-state index contributed by atoms with van der Waals surface area (Å²) < 4.78 is 0. The molecule has 74 valence electrons. The Morgan fingerprint density at radius 2 is 2.23 bits per heavy atom. The second-order valence-electron chi connectivity index (χ2n) is 4.31. The summed E-state index contributed by atoms with van der Waals surface area (Å²) in [6.45, 7) is 3.77. The van der Waals surface area contributed by atoms with E-state index in [0.29, 0.717) is 18.2 Å². The normalized spacial score (nSPS) is 31.1. The summed E-state index contributed by atoms with van der Waals surface area (Å²) in [4.78, 5) is 13.4. The zero-order valence-electron chi connectivity index (χ0n) is 8.20. The van der Waals surface area contributed by atoms with Crippen LogP contribution in [0.5, 0.6) is 0 Å². The molecule has 0 aromatic carbocycles. The molecular formula is C10H18N2O. The van der Waals surface area contributed by atoms with Gasteiger partial charge in [0.25, 0.3) is 0 Å². The van der Waals surface area contributed by atoms with E-state index in [1.54, 1.807) is 0 Å². The van der Waals surface area contributed by atoms with Gasteiger partial charge in [-0.3, -0.25) is 4.79 Å². The molecule has 1 aliphatic carbocycles. The molecule has 2 N–H and O–H groups in total. The highest BCUT2D eigenvalue weighted by Crippen LogP contribution is 2.37. The molecule has 1 saturated heterocycles. The zero-order chi connectivity index (χ0) is 9.42. The Morgan fingerprint density at radius 1 is 1.54 bits per heavy atom. The first kappa shape index (κ1) is 9.00. The molecule has 2 unspecified atom stereocenters. The van der Waals surface area contributed by atoms with Crippen molar-refractivity contribution in [3.63, 3.8) is 0 Å². The fourth-order valence-electron chi connectivity index (χ4n) is 2.23. The third-order valence-electron chi connectivity index (χ3n) is 3.34. The number of rotatable bonds is 3. The average Bonchev–Trinajstić information content (AvgIpc) is 2.89. The van der Waals surface area contributed by atoms with E-state index in [-0.39, 0.29) is 6.04 Å². The van der Waals surface area contributed by atoms with Gasteiger partial charge < -0.3 is 10.6 Å². The van der Waals surface area contributed by atoms with Crippen molar-refractivity contribution in [2.45, 2.75) is 32.2 Å². The molecule has 0 radical (unpaired) electrons.